The SMILES string of the molecule is COC(=O)c1csc(C=CC2CCC(=O)CC2)c1. The molecule has 0 N–H and O–H groups in total. The molecule has 0 amide bonds. The highest BCUT2D eigenvalue weighted by Gasteiger charge is 2.16. The first kappa shape index (κ1) is 13.0. The van der Waals surface area contributed by atoms with Crippen molar-refractivity contribution in [1.29, 1.82) is 0 Å². The minimum absolute atomic E-state index is 0.297. The van der Waals surface area contributed by atoms with Crippen LogP contribution >= 0.6 is 11.3 Å². The van der Waals surface area contributed by atoms with Crippen molar-refractivity contribution < 1.29 is 14.3 Å². The fourth-order valence-corrected chi connectivity index (χ4v) is 2.83. The first-order valence-corrected chi connectivity index (χ1v) is 6.94. The minimum atomic E-state index is -0.297. The number of hydrogen-bond acceptors (Lipinski definition) is 4. The Kier molecular flexibility index (Phi) is 4.31. The summed E-state index contributed by atoms with van der Waals surface area (Å²) in [5.74, 6) is 0.573. The molecule has 1 aromatic rings. The lowest BCUT2D eigenvalue weighted by Gasteiger charge is -2.16. The average Bonchev–Trinajstić information content (AvgIpc) is 2.86. The molecule has 0 aliphatic heterocycles. The van der Waals surface area contributed by atoms with Gasteiger partial charge in [-0.1, -0.05) is 6.08 Å². The van der Waals surface area contributed by atoms with Crippen LogP contribution in [0.1, 0.15) is 40.9 Å². The maximum absolute atomic E-state index is 11.3. The molecule has 2 rings (SSSR count). The molecule has 0 spiro atoms. The molecule has 0 radical (unpaired) electrons. The zero-order valence-corrected chi connectivity index (χ0v) is 11.2. The van der Waals surface area contributed by atoms with E-state index in [2.05, 4.69) is 10.8 Å². The monoisotopic (exact) mass is 264 g/mol. The van der Waals surface area contributed by atoms with Gasteiger partial charge in [-0.25, -0.2) is 4.79 Å². The highest BCUT2D eigenvalue weighted by atomic mass is 32.1. The Bertz CT molecular complexity index is 463. The Labute approximate surface area is 110 Å². The van der Waals surface area contributed by atoms with Crippen LogP contribution in [0.15, 0.2) is 17.5 Å². The average molecular weight is 264 g/mol. The third-order valence-electron chi connectivity index (χ3n) is 3.16. The number of ether oxygens (including phenoxy) is 1. The maximum atomic E-state index is 11.3. The van der Waals surface area contributed by atoms with Gasteiger partial charge in [0.15, 0.2) is 0 Å². The van der Waals surface area contributed by atoms with Crippen LogP contribution in [0.5, 0.6) is 0 Å². The Morgan fingerprint density at radius 3 is 2.83 bits per heavy atom. The molecule has 0 atom stereocenters. The van der Waals surface area contributed by atoms with Gasteiger partial charge in [0.1, 0.15) is 5.78 Å². The lowest BCUT2D eigenvalue weighted by molar-refractivity contribution is -0.120. The molecule has 1 heterocycles. The van der Waals surface area contributed by atoms with Crippen molar-refractivity contribution in [2.75, 3.05) is 7.11 Å². The van der Waals surface area contributed by atoms with Crippen molar-refractivity contribution in [3.8, 4) is 0 Å². The number of ketones is 1. The summed E-state index contributed by atoms with van der Waals surface area (Å²) in [4.78, 5) is 23.5. The molecule has 96 valence electrons. The predicted molar refractivity (Wildman–Crippen MR) is 71.7 cm³/mol. The van der Waals surface area contributed by atoms with E-state index in [-0.39, 0.29) is 5.97 Å². The van der Waals surface area contributed by atoms with Gasteiger partial charge < -0.3 is 4.74 Å². The number of methoxy groups -OCH3 is 1. The van der Waals surface area contributed by atoms with Gasteiger partial charge in [0.25, 0.3) is 0 Å². The first-order valence-electron chi connectivity index (χ1n) is 6.06. The Balaban J connectivity index is 1.94. The fraction of sp³-hybridized carbons (Fsp3) is 0.429. The number of allylic oxidation sites excluding steroid dienone is 1. The van der Waals surface area contributed by atoms with E-state index in [1.807, 2.05) is 12.1 Å². The summed E-state index contributed by atoms with van der Waals surface area (Å²) < 4.78 is 4.66. The number of rotatable bonds is 3. The Morgan fingerprint density at radius 1 is 1.44 bits per heavy atom. The molecule has 4 heteroatoms. The van der Waals surface area contributed by atoms with Crippen LogP contribution in [0.3, 0.4) is 0 Å². The number of esters is 1. The summed E-state index contributed by atoms with van der Waals surface area (Å²) in [5, 5.41) is 1.80. The molecule has 1 aliphatic rings. The second-order valence-corrected chi connectivity index (χ2v) is 5.41. The first-order chi connectivity index (χ1) is 8.69. The van der Waals surface area contributed by atoms with Crippen LogP contribution in [0, 0.1) is 5.92 Å². The van der Waals surface area contributed by atoms with E-state index in [0.717, 1.165) is 17.7 Å². The fourth-order valence-electron chi connectivity index (χ4n) is 2.05. The van der Waals surface area contributed by atoms with E-state index in [1.54, 1.807) is 5.38 Å². The second kappa shape index (κ2) is 5.96. The van der Waals surface area contributed by atoms with Crippen molar-refractivity contribution in [3.63, 3.8) is 0 Å². The van der Waals surface area contributed by atoms with E-state index in [4.69, 9.17) is 0 Å². The number of carbonyl (C=O) groups excluding carboxylic acids is 2. The molecule has 1 saturated carbocycles. The topological polar surface area (TPSA) is 43.4 Å². The van der Waals surface area contributed by atoms with Crippen LogP contribution in [0.4, 0.5) is 0 Å². The minimum Gasteiger partial charge on any atom is -0.465 e. The molecule has 0 aromatic carbocycles. The van der Waals surface area contributed by atoms with Crippen LogP contribution in [0.25, 0.3) is 6.08 Å². The number of hydrogen-bond donors (Lipinski definition) is 0. The molecular formula is C14H16O3S. The largest absolute Gasteiger partial charge is 0.465 e. The van der Waals surface area contributed by atoms with Crippen molar-refractivity contribution in [2.45, 2.75) is 25.7 Å². The van der Waals surface area contributed by atoms with Gasteiger partial charge in [0.05, 0.1) is 12.7 Å². The quantitative estimate of drug-likeness (QED) is 0.787. The molecule has 18 heavy (non-hydrogen) atoms. The van der Waals surface area contributed by atoms with E-state index in [9.17, 15) is 9.59 Å². The Hall–Kier alpha value is -1.42. The normalized spacial score (nSPS) is 17.3. The zero-order chi connectivity index (χ0) is 13.0. The lowest BCUT2D eigenvalue weighted by Crippen LogP contribution is -2.11. The third-order valence-corrected chi connectivity index (χ3v) is 4.06. The number of carbonyl (C=O) groups is 2. The number of thiophene rings is 1. The third kappa shape index (κ3) is 3.29. The molecule has 1 fully saturated rings. The molecular weight excluding hydrogens is 248 g/mol. The van der Waals surface area contributed by atoms with Crippen molar-refractivity contribution in [2.24, 2.45) is 5.92 Å². The van der Waals surface area contributed by atoms with Gasteiger partial charge in [0, 0.05) is 23.1 Å². The summed E-state index contributed by atoms with van der Waals surface area (Å²) in [5.41, 5.74) is 0.598. The van der Waals surface area contributed by atoms with E-state index < -0.39 is 0 Å². The molecule has 0 bridgehead atoms. The lowest BCUT2D eigenvalue weighted by atomic mass is 9.88. The maximum Gasteiger partial charge on any atom is 0.338 e. The highest BCUT2D eigenvalue weighted by molar-refractivity contribution is 7.11. The van der Waals surface area contributed by atoms with Crippen LogP contribution < -0.4 is 0 Å². The predicted octanol–water partition coefficient (Wildman–Crippen LogP) is 3.31. The summed E-state index contributed by atoms with van der Waals surface area (Å²) in [6.45, 7) is 0. The van der Waals surface area contributed by atoms with Crippen LogP contribution in [-0.2, 0) is 9.53 Å². The van der Waals surface area contributed by atoms with Crippen LogP contribution in [0.2, 0.25) is 0 Å². The van der Waals surface area contributed by atoms with Crippen LogP contribution in [-0.4, -0.2) is 18.9 Å². The Morgan fingerprint density at radius 2 is 2.17 bits per heavy atom. The smallest absolute Gasteiger partial charge is 0.338 e. The zero-order valence-electron chi connectivity index (χ0n) is 10.3. The summed E-state index contributed by atoms with van der Waals surface area (Å²) >= 11 is 1.53. The van der Waals surface area contributed by atoms with Gasteiger partial charge in [-0.05, 0) is 30.9 Å². The summed E-state index contributed by atoms with van der Waals surface area (Å²) in [6, 6.07) is 1.83. The summed E-state index contributed by atoms with van der Waals surface area (Å²) in [7, 11) is 1.38. The summed E-state index contributed by atoms with van der Waals surface area (Å²) in [6.07, 6.45) is 7.49. The number of Topliss-reactive ketones (excluding diaryl/α,β-unsaturated/α-hetero) is 1. The van der Waals surface area contributed by atoms with Crippen molar-refractivity contribution in [1.82, 2.24) is 0 Å². The van der Waals surface area contributed by atoms with Gasteiger partial charge in [-0.2, -0.15) is 0 Å². The van der Waals surface area contributed by atoms with Crippen molar-refractivity contribution in [3.05, 3.63) is 28.0 Å². The van der Waals surface area contributed by atoms with Gasteiger partial charge in [0.2, 0.25) is 0 Å². The van der Waals surface area contributed by atoms with Gasteiger partial charge >= 0.3 is 5.97 Å². The van der Waals surface area contributed by atoms with E-state index in [1.165, 1.54) is 18.4 Å². The molecule has 0 unspecified atom stereocenters. The van der Waals surface area contributed by atoms with Gasteiger partial charge in [-0.3, -0.25) is 4.79 Å². The molecule has 0 saturated heterocycles. The molecule has 1 aliphatic carbocycles. The van der Waals surface area contributed by atoms with Gasteiger partial charge in [-0.15, -0.1) is 11.3 Å². The standard InChI is InChI=1S/C14H16O3S/c1-17-14(16)11-8-13(18-9-11)7-4-10-2-5-12(15)6-3-10/h4,7-10H,2-3,5-6H2,1H3. The second-order valence-electron chi connectivity index (χ2n) is 4.46. The van der Waals surface area contributed by atoms with E-state index in [0.29, 0.717) is 30.1 Å². The highest BCUT2D eigenvalue weighted by Crippen LogP contribution is 2.24. The van der Waals surface area contributed by atoms with E-state index >= 15 is 0 Å². The molecule has 3 nitrogen and oxygen atoms in total. The van der Waals surface area contributed by atoms with Crippen molar-refractivity contribution >= 4 is 29.2 Å². The molecule has 1 aromatic heterocycles.